The lowest BCUT2D eigenvalue weighted by Gasteiger charge is -2.12. The molecule has 0 saturated heterocycles. The van der Waals surface area contributed by atoms with Gasteiger partial charge in [-0.3, -0.25) is 4.79 Å². The van der Waals surface area contributed by atoms with Crippen molar-refractivity contribution < 1.29 is 4.79 Å². The van der Waals surface area contributed by atoms with Crippen LogP contribution in [0.15, 0.2) is 16.7 Å². The SMILES string of the molecule is CCC(CN)CC(=O)Nc1cc(Br)cnc1Cl. The van der Waals surface area contributed by atoms with Gasteiger partial charge in [-0.1, -0.05) is 24.9 Å². The fourth-order valence-corrected chi connectivity index (χ4v) is 1.85. The first-order valence-corrected chi connectivity index (χ1v) is 6.54. The molecule has 1 atom stereocenters. The molecule has 0 bridgehead atoms. The Kier molecular flexibility index (Phi) is 5.88. The zero-order chi connectivity index (χ0) is 12.8. The van der Waals surface area contributed by atoms with E-state index < -0.39 is 0 Å². The topological polar surface area (TPSA) is 68.0 Å². The quantitative estimate of drug-likeness (QED) is 0.820. The van der Waals surface area contributed by atoms with Gasteiger partial charge in [-0.05, 0) is 34.5 Å². The highest BCUT2D eigenvalue weighted by Gasteiger charge is 2.12. The molecule has 1 heterocycles. The van der Waals surface area contributed by atoms with E-state index in [9.17, 15) is 4.79 Å². The Morgan fingerprint density at radius 3 is 3.00 bits per heavy atom. The van der Waals surface area contributed by atoms with E-state index >= 15 is 0 Å². The number of halogens is 2. The van der Waals surface area contributed by atoms with Crippen LogP contribution in [0.2, 0.25) is 5.15 Å². The van der Waals surface area contributed by atoms with E-state index in [4.69, 9.17) is 17.3 Å². The lowest BCUT2D eigenvalue weighted by atomic mass is 10.0. The Bertz CT molecular complexity index is 396. The summed E-state index contributed by atoms with van der Waals surface area (Å²) in [6.45, 7) is 2.52. The molecule has 0 aliphatic heterocycles. The monoisotopic (exact) mass is 319 g/mol. The summed E-state index contributed by atoms with van der Waals surface area (Å²) in [5, 5.41) is 3.01. The van der Waals surface area contributed by atoms with Crippen LogP contribution in [0.4, 0.5) is 5.69 Å². The molecule has 0 aliphatic carbocycles. The maximum atomic E-state index is 11.7. The first-order chi connectivity index (χ1) is 8.06. The Morgan fingerprint density at radius 2 is 2.41 bits per heavy atom. The highest BCUT2D eigenvalue weighted by Crippen LogP contribution is 2.23. The van der Waals surface area contributed by atoms with Crippen molar-refractivity contribution >= 4 is 39.1 Å². The van der Waals surface area contributed by atoms with Crippen molar-refractivity contribution in [2.75, 3.05) is 11.9 Å². The Balaban J connectivity index is 2.64. The van der Waals surface area contributed by atoms with Gasteiger partial charge in [0.2, 0.25) is 5.91 Å². The number of anilines is 1. The van der Waals surface area contributed by atoms with Crippen LogP contribution in [0.3, 0.4) is 0 Å². The minimum atomic E-state index is -0.0934. The lowest BCUT2D eigenvalue weighted by molar-refractivity contribution is -0.117. The van der Waals surface area contributed by atoms with Gasteiger partial charge in [-0.15, -0.1) is 0 Å². The van der Waals surface area contributed by atoms with Crippen molar-refractivity contribution in [1.29, 1.82) is 0 Å². The number of amides is 1. The van der Waals surface area contributed by atoms with E-state index in [1.54, 1.807) is 12.3 Å². The summed E-state index contributed by atoms with van der Waals surface area (Å²) < 4.78 is 0.767. The van der Waals surface area contributed by atoms with Crippen LogP contribution < -0.4 is 11.1 Å². The molecule has 17 heavy (non-hydrogen) atoms. The third-order valence-corrected chi connectivity index (χ3v) is 3.20. The second kappa shape index (κ2) is 6.93. The molecule has 4 nitrogen and oxygen atoms in total. The lowest BCUT2D eigenvalue weighted by Crippen LogP contribution is -2.21. The molecule has 0 radical (unpaired) electrons. The maximum absolute atomic E-state index is 11.7. The molecular formula is C11H15BrClN3O. The molecule has 1 rings (SSSR count). The zero-order valence-electron chi connectivity index (χ0n) is 9.54. The standard InChI is InChI=1S/C11H15BrClN3O/c1-2-7(5-14)3-10(17)16-9-4-8(12)6-15-11(9)13/h4,6-7H,2-3,5,14H2,1H3,(H,16,17). The molecule has 0 aliphatic rings. The molecule has 3 N–H and O–H groups in total. The normalized spacial score (nSPS) is 12.2. The fourth-order valence-electron chi connectivity index (χ4n) is 1.37. The molecule has 1 aromatic rings. The Labute approximate surface area is 114 Å². The van der Waals surface area contributed by atoms with Crippen LogP contribution in [0, 0.1) is 5.92 Å². The molecule has 0 fully saturated rings. The third kappa shape index (κ3) is 4.61. The second-order valence-corrected chi connectivity index (χ2v) is 5.03. The van der Waals surface area contributed by atoms with E-state index in [2.05, 4.69) is 26.2 Å². The van der Waals surface area contributed by atoms with Gasteiger partial charge in [0.25, 0.3) is 0 Å². The smallest absolute Gasteiger partial charge is 0.224 e. The van der Waals surface area contributed by atoms with Gasteiger partial charge in [0.15, 0.2) is 5.15 Å². The summed E-state index contributed by atoms with van der Waals surface area (Å²) in [6.07, 6.45) is 2.86. The number of pyridine rings is 1. The molecule has 0 saturated carbocycles. The molecule has 1 aromatic heterocycles. The highest BCUT2D eigenvalue weighted by atomic mass is 79.9. The van der Waals surface area contributed by atoms with Crippen LogP contribution in [-0.4, -0.2) is 17.4 Å². The molecule has 0 aromatic carbocycles. The van der Waals surface area contributed by atoms with Crippen molar-refractivity contribution in [2.45, 2.75) is 19.8 Å². The van der Waals surface area contributed by atoms with E-state index in [1.165, 1.54) is 0 Å². The van der Waals surface area contributed by atoms with Crippen LogP contribution in [-0.2, 0) is 4.79 Å². The average molecular weight is 321 g/mol. The summed E-state index contributed by atoms with van der Waals surface area (Å²) in [5.74, 6) is 0.109. The molecule has 6 heteroatoms. The van der Waals surface area contributed by atoms with Crippen molar-refractivity contribution in [1.82, 2.24) is 4.98 Å². The number of carbonyl (C=O) groups is 1. The number of aromatic nitrogens is 1. The molecule has 0 spiro atoms. The van der Waals surface area contributed by atoms with Crippen LogP contribution in [0.1, 0.15) is 19.8 Å². The molecule has 1 unspecified atom stereocenters. The highest BCUT2D eigenvalue weighted by molar-refractivity contribution is 9.10. The maximum Gasteiger partial charge on any atom is 0.224 e. The van der Waals surface area contributed by atoms with Gasteiger partial charge in [0.05, 0.1) is 5.69 Å². The van der Waals surface area contributed by atoms with Crippen molar-refractivity contribution in [3.63, 3.8) is 0 Å². The Hall–Kier alpha value is -0.650. The number of nitrogens with one attached hydrogen (secondary N) is 1. The zero-order valence-corrected chi connectivity index (χ0v) is 11.9. The number of rotatable bonds is 5. The number of nitrogens with two attached hydrogens (primary N) is 1. The van der Waals surface area contributed by atoms with Crippen molar-refractivity contribution in [3.05, 3.63) is 21.9 Å². The average Bonchev–Trinajstić information content (AvgIpc) is 2.31. The Morgan fingerprint density at radius 1 is 1.71 bits per heavy atom. The largest absolute Gasteiger partial charge is 0.330 e. The summed E-state index contributed by atoms with van der Waals surface area (Å²) in [5.41, 5.74) is 6.07. The number of hydrogen-bond acceptors (Lipinski definition) is 3. The van der Waals surface area contributed by atoms with Crippen LogP contribution in [0.25, 0.3) is 0 Å². The van der Waals surface area contributed by atoms with Gasteiger partial charge in [0.1, 0.15) is 0 Å². The van der Waals surface area contributed by atoms with E-state index in [0.717, 1.165) is 10.9 Å². The minimum Gasteiger partial charge on any atom is -0.330 e. The molecule has 1 amide bonds. The number of carbonyl (C=O) groups excluding carboxylic acids is 1. The summed E-state index contributed by atoms with van der Waals surface area (Å²) >= 11 is 9.15. The second-order valence-electron chi connectivity index (χ2n) is 3.75. The number of hydrogen-bond donors (Lipinski definition) is 2. The van der Waals surface area contributed by atoms with E-state index in [-0.39, 0.29) is 17.0 Å². The van der Waals surface area contributed by atoms with E-state index in [1.807, 2.05) is 6.92 Å². The first-order valence-electron chi connectivity index (χ1n) is 5.37. The first kappa shape index (κ1) is 14.4. The van der Waals surface area contributed by atoms with Crippen LogP contribution in [0.5, 0.6) is 0 Å². The van der Waals surface area contributed by atoms with E-state index in [0.29, 0.717) is 18.7 Å². The molecule has 94 valence electrons. The van der Waals surface area contributed by atoms with Crippen LogP contribution >= 0.6 is 27.5 Å². The third-order valence-electron chi connectivity index (χ3n) is 2.46. The summed E-state index contributed by atoms with van der Waals surface area (Å²) in [7, 11) is 0. The van der Waals surface area contributed by atoms with Gasteiger partial charge < -0.3 is 11.1 Å². The summed E-state index contributed by atoms with van der Waals surface area (Å²) in [6, 6.07) is 1.72. The van der Waals surface area contributed by atoms with Gasteiger partial charge in [-0.2, -0.15) is 0 Å². The van der Waals surface area contributed by atoms with Crippen molar-refractivity contribution in [3.8, 4) is 0 Å². The fraction of sp³-hybridized carbons (Fsp3) is 0.455. The van der Waals surface area contributed by atoms with Gasteiger partial charge >= 0.3 is 0 Å². The number of nitrogens with zero attached hydrogens (tertiary/aromatic N) is 1. The van der Waals surface area contributed by atoms with Gasteiger partial charge in [-0.25, -0.2) is 4.98 Å². The molecular weight excluding hydrogens is 305 g/mol. The van der Waals surface area contributed by atoms with Gasteiger partial charge in [0, 0.05) is 17.1 Å². The minimum absolute atomic E-state index is 0.0934. The van der Waals surface area contributed by atoms with Crippen molar-refractivity contribution in [2.24, 2.45) is 11.7 Å². The summed E-state index contributed by atoms with van der Waals surface area (Å²) in [4.78, 5) is 15.7. The predicted molar refractivity (Wildman–Crippen MR) is 73.0 cm³/mol. The predicted octanol–water partition coefficient (Wildman–Crippen LogP) is 2.81.